The molecule has 4 nitrogen and oxygen atoms in total. The predicted molar refractivity (Wildman–Crippen MR) is 68.2 cm³/mol. The van der Waals surface area contributed by atoms with E-state index in [0.717, 1.165) is 0 Å². The molecule has 0 aromatic heterocycles. The molecule has 0 aliphatic rings. The third-order valence-electron chi connectivity index (χ3n) is 2.04. The quantitative estimate of drug-likeness (QED) is 0.625. The van der Waals surface area contributed by atoms with Crippen molar-refractivity contribution < 1.29 is 14.3 Å². The maximum absolute atomic E-state index is 11.5. The van der Waals surface area contributed by atoms with E-state index in [1.165, 1.54) is 0 Å². The number of benzene rings is 1. The van der Waals surface area contributed by atoms with Gasteiger partial charge < -0.3 is 10.1 Å². The first-order valence-electron chi connectivity index (χ1n) is 5.37. The zero-order valence-corrected chi connectivity index (χ0v) is 10.5. The molecular formula is C12H15NO3S. The smallest absolute Gasteiger partial charge is 0.306 e. The van der Waals surface area contributed by atoms with Crippen molar-refractivity contribution in [2.24, 2.45) is 0 Å². The van der Waals surface area contributed by atoms with Gasteiger partial charge in [0.05, 0.1) is 18.7 Å². The summed E-state index contributed by atoms with van der Waals surface area (Å²) in [7, 11) is 0. The van der Waals surface area contributed by atoms with Crippen LogP contribution in [0.25, 0.3) is 0 Å². The Labute approximate surface area is 106 Å². The Balaban J connectivity index is 2.40. The van der Waals surface area contributed by atoms with Crippen LogP contribution in [0.15, 0.2) is 29.2 Å². The van der Waals surface area contributed by atoms with Crippen molar-refractivity contribution in [2.45, 2.75) is 24.7 Å². The first-order chi connectivity index (χ1) is 8.13. The van der Waals surface area contributed by atoms with Crippen LogP contribution in [0, 0.1) is 0 Å². The molecule has 0 unspecified atom stereocenters. The largest absolute Gasteiger partial charge is 0.466 e. The van der Waals surface area contributed by atoms with Gasteiger partial charge in [-0.15, -0.1) is 12.6 Å². The minimum atomic E-state index is -0.359. The highest BCUT2D eigenvalue weighted by atomic mass is 32.1. The first-order valence-corrected chi connectivity index (χ1v) is 5.81. The number of hydrogen-bond donors (Lipinski definition) is 2. The van der Waals surface area contributed by atoms with Crippen LogP contribution in [0.2, 0.25) is 0 Å². The van der Waals surface area contributed by atoms with E-state index in [4.69, 9.17) is 4.74 Å². The predicted octanol–water partition coefficient (Wildman–Crippen LogP) is 2.26. The Morgan fingerprint density at radius 2 is 2.00 bits per heavy atom. The molecule has 1 amide bonds. The highest BCUT2D eigenvalue weighted by Crippen LogP contribution is 2.18. The van der Waals surface area contributed by atoms with Crippen molar-refractivity contribution in [2.75, 3.05) is 11.9 Å². The van der Waals surface area contributed by atoms with Gasteiger partial charge in [0.1, 0.15) is 0 Å². The summed E-state index contributed by atoms with van der Waals surface area (Å²) in [6, 6.07) is 7.17. The van der Waals surface area contributed by atoms with Gasteiger partial charge in [0.2, 0.25) is 5.91 Å². The molecule has 0 radical (unpaired) electrons. The van der Waals surface area contributed by atoms with E-state index in [1.807, 2.05) is 6.07 Å². The van der Waals surface area contributed by atoms with Crippen LogP contribution in [0.4, 0.5) is 5.69 Å². The van der Waals surface area contributed by atoms with Gasteiger partial charge in [-0.25, -0.2) is 0 Å². The van der Waals surface area contributed by atoms with Crippen LogP contribution in [-0.4, -0.2) is 18.5 Å². The van der Waals surface area contributed by atoms with Gasteiger partial charge in [0.25, 0.3) is 0 Å². The molecule has 0 atom stereocenters. The van der Waals surface area contributed by atoms with Gasteiger partial charge >= 0.3 is 5.97 Å². The van der Waals surface area contributed by atoms with Crippen molar-refractivity contribution in [3.8, 4) is 0 Å². The van der Waals surface area contributed by atoms with Gasteiger partial charge in [-0.05, 0) is 19.1 Å². The summed E-state index contributed by atoms with van der Waals surface area (Å²) in [5.74, 6) is -0.582. The number of thiol groups is 1. The average Bonchev–Trinajstić information content (AvgIpc) is 2.30. The van der Waals surface area contributed by atoms with E-state index in [9.17, 15) is 9.59 Å². The zero-order valence-electron chi connectivity index (χ0n) is 9.60. The molecule has 1 N–H and O–H groups in total. The fourth-order valence-electron chi connectivity index (χ4n) is 1.24. The van der Waals surface area contributed by atoms with Crippen LogP contribution in [0.1, 0.15) is 19.8 Å². The second-order valence-electron chi connectivity index (χ2n) is 3.37. The third kappa shape index (κ3) is 4.91. The van der Waals surface area contributed by atoms with Crippen molar-refractivity contribution in [3.63, 3.8) is 0 Å². The van der Waals surface area contributed by atoms with Crippen LogP contribution in [0.3, 0.4) is 0 Å². The minimum Gasteiger partial charge on any atom is -0.466 e. The van der Waals surface area contributed by atoms with Gasteiger partial charge in [-0.3, -0.25) is 9.59 Å². The number of ether oxygens (including phenoxy) is 1. The maximum Gasteiger partial charge on any atom is 0.306 e. The molecule has 1 aromatic rings. The molecule has 0 aliphatic heterocycles. The Morgan fingerprint density at radius 1 is 1.29 bits per heavy atom. The number of esters is 1. The number of amides is 1. The van der Waals surface area contributed by atoms with E-state index in [1.54, 1.807) is 25.1 Å². The highest BCUT2D eigenvalue weighted by Gasteiger charge is 2.08. The SMILES string of the molecule is CCOC(=O)CCC(=O)Nc1ccccc1S. The van der Waals surface area contributed by atoms with Crippen LogP contribution in [-0.2, 0) is 14.3 Å². The Morgan fingerprint density at radius 3 is 2.65 bits per heavy atom. The van der Waals surface area contributed by atoms with E-state index < -0.39 is 0 Å². The van der Waals surface area contributed by atoms with Gasteiger partial charge in [-0.2, -0.15) is 0 Å². The lowest BCUT2D eigenvalue weighted by atomic mass is 10.2. The number of carbonyl (C=O) groups excluding carboxylic acids is 2. The summed E-state index contributed by atoms with van der Waals surface area (Å²) in [4.78, 5) is 23.3. The molecule has 0 heterocycles. The molecule has 92 valence electrons. The van der Waals surface area contributed by atoms with E-state index in [-0.39, 0.29) is 24.7 Å². The van der Waals surface area contributed by atoms with Crippen LogP contribution >= 0.6 is 12.6 Å². The number of hydrogen-bond acceptors (Lipinski definition) is 4. The minimum absolute atomic E-state index is 0.0917. The fraction of sp³-hybridized carbons (Fsp3) is 0.333. The lowest BCUT2D eigenvalue weighted by Gasteiger charge is -2.07. The van der Waals surface area contributed by atoms with Crippen LogP contribution < -0.4 is 5.32 Å². The molecule has 0 spiro atoms. The topological polar surface area (TPSA) is 55.4 Å². The summed E-state index contributed by atoms with van der Waals surface area (Å²) in [6.07, 6.45) is 0.204. The molecule has 0 saturated carbocycles. The summed E-state index contributed by atoms with van der Waals surface area (Å²) in [5.41, 5.74) is 0.643. The third-order valence-corrected chi connectivity index (χ3v) is 2.43. The Bertz CT molecular complexity index is 406. The van der Waals surface area contributed by atoms with Crippen molar-refractivity contribution >= 4 is 30.2 Å². The normalized spacial score (nSPS) is 9.76. The highest BCUT2D eigenvalue weighted by molar-refractivity contribution is 7.80. The van der Waals surface area contributed by atoms with E-state index in [2.05, 4.69) is 17.9 Å². The standard InChI is InChI=1S/C12H15NO3S/c1-2-16-12(15)8-7-11(14)13-9-5-3-4-6-10(9)17/h3-6,17H,2,7-8H2,1H3,(H,13,14). The zero-order chi connectivity index (χ0) is 12.7. The maximum atomic E-state index is 11.5. The van der Waals surface area contributed by atoms with Crippen molar-refractivity contribution in [1.29, 1.82) is 0 Å². The number of rotatable bonds is 5. The van der Waals surface area contributed by atoms with Crippen molar-refractivity contribution in [1.82, 2.24) is 0 Å². The van der Waals surface area contributed by atoms with E-state index in [0.29, 0.717) is 17.2 Å². The summed E-state index contributed by atoms with van der Waals surface area (Å²) < 4.78 is 4.73. The Hall–Kier alpha value is -1.49. The number of carbonyl (C=O) groups is 2. The van der Waals surface area contributed by atoms with Crippen LogP contribution in [0.5, 0.6) is 0 Å². The number of nitrogens with one attached hydrogen (secondary N) is 1. The molecule has 1 rings (SSSR count). The molecule has 0 fully saturated rings. The molecular weight excluding hydrogens is 238 g/mol. The van der Waals surface area contributed by atoms with Gasteiger partial charge in [0, 0.05) is 11.3 Å². The monoisotopic (exact) mass is 253 g/mol. The second kappa shape index (κ2) is 6.96. The van der Waals surface area contributed by atoms with Crippen molar-refractivity contribution in [3.05, 3.63) is 24.3 Å². The number of anilines is 1. The average molecular weight is 253 g/mol. The second-order valence-corrected chi connectivity index (χ2v) is 3.85. The van der Waals surface area contributed by atoms with Gasteiger partial charge in [-0.1, -0.05) is 12.1 Å². The Kier molecular flexibility index (Phi) is 5.56. The molecule has 0 bridgehead atoms. The molecule has 0 aliphatic carbocycles. The molecule has 17 heavy (non-hydrogen) atoms. The van der Waals surface area contributed by atoms with Gasteiger partial charge in [0.15, 0.2) is 0 Å². The summed E-state index contributed by atoms with van der Waals surface area (Å²) in [6.45, 7) is 2.06. The van der Waals surface area contributed by atoms with E-state index >= 15 is 0 Å². The summed E-state index contributed by atoms with van der Waals surface area (Å²) >= 11 is 4.21. The molecule has 1 aromatic carbocycles. The lowest BCUT2D eigenvalue weighted by Crippen LogP contribution is -2.14. The lowest BCUT2D eigenvalue weighted by molar-refractivity contribution is -0.144. The first kappa shape index (κ1) is 13.6. The molecule has 0 saturated heterocycles. The molecule has 5 heteroatoms. The fourth-order valence-corrected chi connectivity index (χ4v) is 1.46. The number of para-hydroxylation sites is 1. The summed E-state index contributed by atoms with van der Waals surface area (Å²) in [5, 5.41) is 2.68.